The third-order valence-electron chi connectivity index (χ3n) is 2.08. The second kappa shape index (κ2) is 4.32. The summed E-state index contributed by atoms with van der Waals surface area (Å²) in [5.74, 6) is -0.912. The van der Waals surface area contributed by atoms with E-state index >= 15 is 0 Å². The first kappa shape index (κ1) is 10.6. The highest BCUT2D eigenvalue weighted by Crippen LogP contribution is 2.26. The Bertz CT molecular complexity index is 416. The van der Waals surface area contributed by atoms with Crippen LogP contribution in [0.25, 0.3) is 0 Å². The first-order chi connectivity index (χ1) is 7.16. The molecule has 1 N–H and O–H groups in total. The van der Waals surface area contributed by atoms with Crippen molar-refractivity contribution >= 4 is 38.4 Å². The zero-order valence-corrected chi connectivity index (χ0v) is 10.2. The molecule has 0 spiro atoms. The lowest BCUT2D eigenvalue weighted by Crippen LogP contribution is -2.28. The fraction of sp³-hybridized carbons (Fsp3) is 0.333. The minimum atomic E-state index is -0.912. The van der Waals surface area contributed by atoms with Gasteiger partial charge in [-0.25, -0.2) is 9.78 Å². The minimum absolute atomic E-state index is 0.288. The van der Waals surface area contributed by atoms with Gasteiger partial charge in [-0.2, -0.15) is 0 Å². The quantitative estimate of drug-likeness (QED) is 0.908. The first-order valence-electron chi connectivity index (χ1n) is 4.45. The second-order valence-corrected chi connectivity index (χ2v) is 5.20. The molecule has 2 heterocycles. The number of halogens is 1. The first-order valence-corrected chi connectivity index (χ1v) is 6.06. The van der Waals surface area contributed by atoms with Crippen molar-refractivity contribution in [2.45, 2.75) is 6.42 Å². The van der Waals surface area contributed by atoms with Gasteiger partial charge < -0.3 is 10.0 Å². The standard InChI is InChI=1S/C9H9BrN2O2S/c10-6-2-1-3-12(5-6)9-11-4-7(15-9)8(13)14/h2,4H,1,3,5H2,(H,13,14). The molecule has 1 aromatic rings. The Hall–Kier alpha value is -0.880. The number of nitrogens with zero attached hydrogens (tertiary/aromatic N) is 2. The summed E-state index contributed by atoms with van der Waals surface area (Å²) >= 11 is 4.66. The van der Waals surface area contributed by atoms with E-state index in [0.29, 0.717) is 0 Å². The number of hydrogen-bond donors (Lipinski definition) is 1. The normalized spacial score (nSPS) is 16.3. The molecule has 0 aliphatic carbocycles. The topological polar surface area (TPSA) is 53.4 Å². The number of rotatable bonds is 2. The maximum atomic E-state index is 10.7. The monoisotopic (exact) mass is 288 g/mol. The van der Waals surface area contributed by atoms with Crippen LogP contribution < -0.4 is 4.90 Å². The molecule has 15 heavy (non-hydrogen) atoms. The Morgan fingerprint density at radius 1 is 1.67 bits per heavy atom. The molecule has 4 nitrogen and oxygen atoms in total. The predicted molar refractivity (Wildman–Crippen MR) is 62.9 cm³/mol. The molecule has 0 bridgehead atoms. The van der Waals surface area contributed by atoms with Gasteiger partial charge in [0.25, 0.3) is 0 Å². The summed E-state index contributed by atoms with van der Waals surface area (Å²) in [6.07, 6.45) is 4.50. The Morgan fingerprint density at radius 2 is 2.47 bits per heavy atom. The number of carbonyl (C=O) groups is 1. The highest BCUT2D eigenvalue weighted by Gasteiger charge is 2.16. The van der Waals surface area contributed by atoms with E-state index < -0.39 is 5.97 Å². The Labute approximate surface area is 99.4 Å². The molecular formula is C9H9BrN2O2S. The summed E-state index contributed by atoms with van der Waals surface area (Å²) in [6, 6.07) is 0. The van der Waals surface area contributed by atoms with Crippen LogP contribution in [0, 0.1) is 0 Å². The maximum absolute atomic E-state index is 10.7. The van der Waals surface area contributed by atoms with E-state index in [1.807, 2.05) is 0 Å². The summed E-state index contributed by atoms with van der Waals surface area (Å²) in [5, 5.41) is 9.56. The van der Waals surface area contributed by atoms with Crippen LogP contribution in [0.4, 0.5) is 5.13 Å². The molecule has 0 saturated carbocycles. The van der Waals surface area contributed by atoms with Gasteiger partial charge in [-0.05, 0) is 6.42 Å². The van der Waals surface area contributed by atoms with Crippen molar-refractivity contribution < 1.29 is 9.90 Å². The zero-order chi connectivity index (χ0) is 10.8. The van der Waals surface area contributed by atoms with E-state index in [2.05, 4.69) is 31.9 Å². The van der Waals surface area contributed by atoms with Gasteiger partial charge in [0.15, 0.2) is 5.13 Å². The molecule has 2 rings (SSSR count). The lowest BCUT2D eigenvalue weighted by Gasteiger charge is -2.24. The van der Waals surface area contributed by atoms with E-state index in [4.69, 9.17) is 5.11 Å². The Kier molecular flexibility index (Phi) is 3.06. The van der Waals surface area contributed by atoms with E-state index in [9.17, 15) is 4.79 Å². The molecule has 0 unspecified atom stereocenters. The summed E-state index contributed by atoms with van der Waals surface area (Å²) < 4.78 is 1.13. The van der Waals surface area contributed by atoms with Gasteiger partial charge in [-0.15, -0.1) is 0 Å². The van der Waals surface area contributed by atoms with E-state index in [1.54, 1.807) is 0 Å². The summed E-state index contributed by atoms with van der Waals surface area (Å²) in [6.45, 7) is 1.66. The summed E-state index contributed by atoms with van der Waals surface area (Å²) in [5.41, 5.74) is 0. The van der Waals surface area contributed by atoms with E-state index in [0.717, 1.165) is 29.1 Å². The molecule has 0 fully saturated rings. The molecule has 0 atom stereocenters. The Balaban J connectivity index is 2.16. The number of anilines is 1. The van der Waals surface area contributed by atoms with E-state index in [-0.39, 0.29) is 4.88 Å². The fourth-order valence-electron chi connectivity index (χ4n) is 1.38. The van der Waals surface area contributed by atoms with Crippen molar-refractivity contribution in [2.24, 2.45) is 0 Å². The van der Waals surface area contributed by atoms with Crippen molar-refractivity contribution in [3.8, 4) is 0 Å². The van der Waals surface area contributed by atoms with Gasteiger partial charge >= 0.3 is 5.97 Å². The summed E-state index contributed by atoms with van der Waals surface area (Å²) in [7, 11) is 0. The Morgan fingerprint density at radius 3 is 3.07 bits per heavy atom. The van der Waals surface area contributed by atoms with Crippen LogP contribution in [0.15, 0.2) is 16.8 Å². The fourth-order valence-corrected chi connectivity index (χ4v) is 2.69. The molecule has 0 saturated heterocycles. The van der Waals surface area contributed by atoms with Crippen molar-refractivity contribution in [3.63, 3.8) is 0 Å². The molecule has 1 aliphatic heterocycles. The van der Waals surface area contributed by atoms with Crippen LogP contribution in [0.1, 0.15) is 16.1 Å². The van der Waals surface area contributed by atoms with Crippen molar-refractivity contribution in [2.75, 3.05) is 18.0 Å². The number of hydrogen-bond acceptors (Lipinski definition) is 4. The van der Waals surface area contributed by atoms with Crippen LogP contribution in [0.3, 0.4) is 0 Å². The number of aromatic carboxylic acids is 1. The second-order valence-electron chi connectivity index (χ2n) is 3.17. The van der Waals surface area contributed by atoms with Crippen LogP contribution in [0.5, 0.6) is 0 Å². The molecule has 6 heteroatoms. The number of carboxylic acid groups (broad SMARTS) is 1. The number of thiazole rings is 1. The highest BCUT2D eigenvalue weighted by molar-refractivity contribution is 9.11. The summed E-state index contributed by atoms with van der Waals surface area (Å²) in [4.78, 5) is 17.2. The van der Waals surface area contributed by atoms with Crippen LogP contribution in [0.2, 0.25) is 0 Å². The smallest absolute Gasteiger partial charge is 0.347 e. The lowest BCUT2D eigenvalue weighted by atomic mass is 10.3. The molecular weight excluding hydrogens is 280 g/mol. The van der Waals surface area contributed by atoms with Gasteiger partial charge in [0.05, 0.1) is 12.7 Å². The average molecular weight is 289 g/mol. The molecule has 80 valence electrons. The third-order valence-corrected chi connectivity index (χ3v) is 3.70. The van der Waals surface area contributed by atoms with Gasteiger partial charge in [0, 0.05) is 11.0 Å². The number of carboxylic acids is 1. The largest absolute Gasteiger partial charge is 0.477 e. The van der Waals surface area contributed by atoms with Crippen LogP contribution in [-0.4, -0.2) is 29.1 Å². The molecule has 0 radical (unpaired) electrons. The SMILES string of the molecule is O=C(O)c1cnc(N2CCC=C(Br)C2)s1. The zero-order valence-electron chi connectivity index (χ0n) is 7.81. The minimum Gasteiger partial charge on any atom is -0.477 e. The number of aromatic nitrogens is 1. The molecule has 1 aromatic heterocycles. The van der Waals surface area contributed by atoms with Gasteiger partial charge in [-0.3, -0.25) is 0 Å². The van der Waals surface area contributed by atoms with Crippen LogP contribution >= 0.6 is 27.3 Å². The molecule has 0 aromatic carbocycles. The van der Waals surface area contributed by atoms with E-state index in [1.165, 1.54) is 17.5 Å². The van der Waals surface area contributed by atoms with Crippen LogP contribution in [-0.2, 0) is 0 Å². The average Bonchev–Trinajstić information content (AvgIpc) is 2.66. The highest BCUT2D eigenvalue weighted by atomic mass is 79.9. The lowest BCUT2D eigenvalue weighted by molar-refractivity contribution is 0.0702. The van der Waals surface area contributed by atoms with Crippen molar-refractivity contribution in [3.05, 3.63) is 21.6 Å². The molecule has 0 amide bonds. The van der Waals surface area contributed by atoms with Gasteiger partial charge in [0.1, 0.15) is 4.88 Å². The maximum Gasteiger partial charge on any atom is 0.347 e. The van der Waals surface area contributed by atoms with Crippen molar-refractivity contribution in [1.82, 2.24) is 4.98 Å². The van der Waals surface area contributed by atoms with Crippen molar-refractivity contribution in [1.29, 1.82) is 0 Å². The van der Waals surface area contributed by atoms with Gasteiger partial charge in [-0.1, -0.05) is 33.3 Å². The molecule has 1 aliphatic rings. The van der Waals surface area contributed by atoms with Gasteiger partial charge in [0.2, 0.25) is 0 Å². The predicted octanol–water partition coefficient (Wildman–Crippen LogP) is 2.33. The third kappa shape index (κ3) is 2.38.